The fraction of sp³-hybridized carbons (Fsp3) is 0.333. The van der Waals surface area contributed by atoms with Gasteiger partial charge < -0.3 is 14.3 Å². The molecule has 1 N–H and O–H groups in total. The van der Waals surface area contributed by atoms with Crippen molar-refractivity contribution in [2.24, 2.45) is 0 Å². The normalized spacial score (nSPS) is 9.79. The number of ether oxygens (including phenoxy) is 1. The van der Waals surface area contributed by atoms with Crippen molar-refractivity contribution in [3.63, 3.8) is 0 Å². The van der Waals surface area contributed by atoms with Gasteiger partial charge in [-0.2, -0.15) is 4.98 Å². The van der Waals surface area contributed by atoms with Crippen molar-refractivity contribution < 1.29 is 19.1 Å². The smallest absolute Gasteiger partial charge is 0.394 e. The lowest BCUT2D eigenvalue weighted by Gasteiger charge is -1.99. The molecule has 1 aromatic rings. The number of hydrogen-bond donors (Lipinski definition) is 1. The Labute approximate surface area is 81.0 Å². The Morgan fingerprint density at radius 1 is 1.79 bits per heavy atom. The molecule has 5 nitrogen and oxygen atoms in total. The molecule has 0 radical (unpaired) electrons. The Balaban J connectivity index is 2.44. The third kappa shape index (κ3) is 2.93. The molecule has 0 fully saturated rings. The molecule has 0 aliphatic heterocycles. The number of hydrogen-bond acceptors (Lipinski definition) is 4. The first kappa shape index (κ1) is 10.3. The number of nitrogens with zero attached hydrogens (tertiary/aromatic N) is 1. The van der Waals surface area contributed by atoms with E-state index in [1.807, 2.05) is 6.92 Å². The minimum Gasteiger partial charge on any atom is -0.476 e. The van der Waals surface area contributed by atoms with Crippen molar-refractivity contribution in [3.05, 3.63) is 24.1 Å². The summed E-state index contributed by atoms with van der Waals surface area (Å²) in [6.07, 6.45) is 1.70. The summed E-state index contributed by atoms with van der Waals surface area (Å²) >= 11 is 0. The molecule has 1 heterocycles. The second-order valence-corrected chi connectivity index (χ2v) is 2.86. The first-order valence-electron chi connectivity index (χ1n) is 4.05. The maximum atomic E-state index is 10.4. The van der Waals surface area contributed by atoms with Crippen LogP contribution in [0.3, 0.4) is 0 Å². The van der Waals surface area contributed by atoms with Gasteiger partial charge in [-0.15, -0.1) is 6.58 Å². The van der Waals surface area contributed by atoms with Crippen molar-refractivity contribution in [1.82, 2.24) is 4.98 Å². The van der Waals surface area contributed by atoms with Gasteiger partial charge in [0.2, 0.25) is 0 Å². The van der Waals surface area contributed by atoms with Crippen LogP contribution in [-0.2, 0) is 0 Å². The van der Waals surface area contributed by atoms with Crippen LogP contribution in [0.5, 0.6) is 6.08 Å². The van der Waals surface area contributed by atoms with Crippen LogP contribution in [0.15, 0.2) is 22.8 Å². The first-order valence-corrected chi connectivity index (χ1v) is 4.05. The molecule has 0 aromatic carbocycles. The molecule has 0 atom stereocenters. The highest BCUT2D eigenvalue weighted by atomic mass is 16.6. The maximum Gasteiger partial charge on any atom is 0.394 e. The van der Waals surface area contributed by atoms with Crippen molar-refractivity contribution in [1.29, 1.82) is 0 Å². The lowest BCUT2D eigenvalue weighted by Crippen LogP contribution is -1.99. The summed E-state index contributed by atoms with van der Waals surface area (Å²) in [6.45, 7) is 5.96. The zero-order valence-electron chi connectivity index (χ0n) is 7.82. The standard InChI is InChI=1S/C9H11NO4/c1-6(2)3-4-13-9-10-7(5-14-9)8(11)12/h5H,1,3-4H2,2H3,(H,11,12). The molecule has 0 aliphatic rings. The van der Waals surface area contributed by atoms with E-state index in [1.54, 1.807) is 0 Å². The largest absolute Gasteiger partial charge is 0.476 e. The van der Waals surface area contributed by atoms with Crippen LogP contribution in [-0.4, -0.2) is 22.7 Å². The van der Waals surface area contributed by atoms with Crippen LogP contribution >= 0.6 is 0 Å². The van der Waals surface area contributed by atoms with E-state index in [1.165, 1.54) is 0 Å². The Hall–Kier alpha value is -1.78. The van der Waals surface area contributed by atoms with Crippen LogP contribution in [0.25, 0.3) is 0 Å². The van der Waals surface area contributed by atoms with Crippen molar-refractivity contribution in [2.75, 3.05) is 6.61 Å². The number of oxazole rings is 1. The van der Waals surface area contributed by atoms with Gasteiger partial charge in [-0.25, -0.2) is 4.79 Å². The minimum atomic E-state index is -1.14. The zero-order chi connectivity index (χ0) is 10.6. The molecule has 1 aromatic heterocycles. The molecular weight excluding hydrogens is 186 g/mol. The van der Waals surface area contributed by atoms with Crippen molar-refractivity contribution >= 4 is 5.97 Å². The SMILES string of the molecule is C=C(C)CCOc1nc(C(=O)O)co1. The first-order chi connectivity index (χ1) is 6.59. The van der Waals surface area contributed by atoms with Gasteiger partial charge in [0.05, 0.1) is 6.61 Å². The topological polar surface area (TPSA) is 72.6 Å². The Bertz CT molecular complexity index is 342. The monoisotopic (exact) mass is 197 g/mol. The van der Waals surface area contributed by atoms with E-state index >= 15 is 0 Å². The van der Waals surface area contributed by atoms with Gasteiger partial charge in [0.25, 0.3) is 0 Å². The third-order valence-electron chi connectivity index (χ3n) is 1.46. The molecule has 76 valence electrons. The van der Waals surface area contributed by atoms with Crippen LogP contribution in [0, 0.1) is 0 Å². The predicted octanol–water partition coefficient (Wildman–Crippen LogP) is 1.72. The number of carboxylic acid groups (broad SMARTS) is 1. The quantitative estimate of drug-likeness (QED) is 0.727. The lowest BCUT2D eigenvalue weighted by molar-refractivity contribution is 0.0690. The highest BCUT2D eigenvalue weighted by Crippen LogP contribution is 2.10. The van der Waals surface area contributed by atoms with E-state index in [0.29, 0.717) is 13.0 Å². The van der Waals surface area contributed by atoms with Crippen LogP contribution in [0.1, 0.15) is 23.8 Å². The molecule has 0 unspecified atom stereocenters. The van der Waals surface area contributed by atoms with Gasteiger partial charge in [0.15, 0.2) is 5.69 Å². The van der Waals surface area contributed by atoms with Crippen LogP contribution < -0.4 is 4.74 Å². The summed E-state index contributed by atoms with van der Waals surface area (Å²) in [5.41, 5.74) is 0.824. The van der Waals surface area contributed by atoms with Gasteiger partial charge in [0, 0.05) is 6.42 Å². The molecule has 0 amide bonds. The average Bonchev–Trinajstić information content (AvgIpc) is 2.52. The summed E-state index contributed by atoms with van der Waals surface area (Å²) in [7, 11) is 0. The van der Waals surface area contributed by atoms with Gasteiger partial charge in [-0.1, -0.05) is 5.57 Å². The van der Waals surface area contributed by atoms with Gasteiger partial charge >= 0.3 is 12.0 Å². The summed E-state index contributed by atoms with van der Waals surface area (Å²) in [4.78, 5) is 14.0. The fourth-order valence-electron chi connectivity index (χ4n) is 0.734. The molecule has 1 rings (SSSR count). The molecular formula is C9H11NO4. The molecule has 0 aliphatic carbocycles. The highest BCUT2D eigenvalue weighted by Gasteiger charge is 2.10. The zero-order valence-corrected chi connectivity index (χ0v) is 7.82. The number of carbonyl (C=O) groups is 1. The third-order valence-corrected chi connectivity index (χ3v) is 1.46. The maximum absolute atomic E-state index is 10.4. The van der Waals surface area contributed by atoms with E-state index in [2.05, 4.69) is 11.6 Å². The van der Waals surface area contributed by atoms with Crippen LogP contribution in [0.2, 0.25) is 0 Å². The summed E-state index contributed by atoms with van der Waals surface area (Å²) in [5, 5.41) is 8.52. The van der Waals surface area contributed by atoms with Crippen LogP contribution in [0.4, 0.5) is 0 Å². The Morgan fingerprint density at radius 2 is 2.50 bits per heavy atom. The second kappa shape index (κ2) is 4.45. The highest BCUT2D eigenvalue weighted by molar-refractivity contribution is 5.84. The minimum absolute atomic E-state index is 0.0244. The fourth-order valence-corrected chi connectivity index (χ4v) is 0.734. The Morgan fingerprint density at radius 3 is 3.00 bits per heavy atom. The molecule has 0 saturated carbocycles. The Kier molecular flexibility index (Phi) is 3.28. The molecule has 0 saturated heterocycles. The number of rotatable bonds is 5. The van der Waals surface area contributed by atoms with Gasteiger partial charge in [-0.05, 0) is 6.92 Å². The number of carboxylic acids is 1. The molecule has 14 heavy (non-hydrogen) atoms. The number of aromatic nitrogens is 1. The van der Waals surface area contributed by atoms with Crippen molar-refractivity contribution in [2.45, 2.75) is 13.3 Å². The van der Waals surface area contributed by atoms with E-state index in [4.69, 9.17) is 14.3 Å². The van der Waals surface area contributed by atoms with E-state index in [0.717, 1.165) is 11.8 Å². The van der Waals surface area contributed by atoms with Gasteiger partial charge in [-0.3, -0.25) is 0 Å². The van der Waals surface area contributed by atoms with E-state index < -0.39 is 5.97 Å². The average molecular weight is 197 g/mol. The molecule has 0 spiro atoms. The summed E-state index contributed by atoms with van der Waals surface area (Å²) < 4.78 is 9.81. The summed E-state index contributed by atoms with van der Waals surface area (Å²) in [5.74, 6) is -1.14. The number of aromatic carboxylic acids is 1. The van der Waals surface area contributed by atoms with E-state index in [-0.39, 0.29) is 11.8 Å². The van der Waals surface area contributed by atoms with Gasteiger partial charge in [0.1, 0.15) is 6.26 Å². The van der Waals surface area contributed by atoms with Crippen molar-refractivity contribution in [3.8, 4) is 6.08 Å². The second-order valence-electron chi connectivity index (χ2n) is 2.86. The predicted molar refractivity (Wildman–Crippen MR) is 48.4 cm³/mol. The summed E-state index contributed by atoms with van der Waals surface area (Å²) in [6, 6.07) is 0. The molecule has 0 bridgehead atoms. The molecule has 5 heteroatoms. The van der Waals surface area contributed by atoms with E-state index in [9.17, 15) is 4.79 Å². The lowest BCUT2D eigenvalue weighted by atomic mass is 10.3.